The standard InChI is InChI=1S/C14H27N3O2/c1-14(2,3)19-13(18)17-11-6-7-12(17)9-10(8-11)15-16(4)5/h10-12,15H,6-9H2,1-5H3. The van der Waals surface area contributed by atoms with E-state index in [1.54, 1.807) is 0 Å². The number of hydrogen-bond acceptors (Lipinski definition) is 4. The van der Waals surface area contributed by atoms with Gasteiger partial charge in [-0.05, 0) is 46.5 Å². The van der Waals surface area contributed by atoms with Crippen molar-refractivity contribution in [3.8, 4) is 0 Å². The van der Waals surface area contributed by atoms with Gasteiger partial charge in [-0.25, -0.2) is 4.79 Å². The molecule has 2 heterocycles. The molecule has 2 fully saturated rings. The predicted molar refractivity (Wildman–Crippen MR) is 74.7 cm³/mol. The molecule has 0 aromatic heterocycles. The molecule has 2 aliphatic heterocycles. The molecule has 0 aromatic carbocycles. The van der Waals surface area contributed by atoms with E-state index in [1.165, 1.54) is 0 Å². The number of carbonyl (C=O) groups excluding carboxylic acids is 1. The maximum atomic E-state index is 12.3. The highest BCUT2D eigenvalue weighted by molar-refractivity contribution is 5.69. The van der Waals surface area contributed by atoms with Gasteiger partial charge in [-0.1, -0.05) is 0 Å². The van der Waals surface area contributed by atoms with E-state index in [4.69, 9.17) is 4.74 Å². The molecule has 0 aliphatic carbocycles. The molecule has 110 valence electrons. The van der Waals surface area contributed by atoms with E-state index in [-0.39, 0.29) is 6.09 Å². The van der Waals surface area contributed by atoms with Crippen LogP contribution in [0.25, 0.3) is 0 Å². The van der Waals surface area contributed by atoms with Crippen molar-refractivity contribution in [1.82, 2.24) is 15.3 Å². The maximum Gasteiger partial charge on any atom is 0.410 e. The van der Waals surface area contributed by atoms with E-state index >= 15 is 0 Å². The van der Waals surface area contributed by atoms with Crippen molar-refractivity contribution in [2.75, 3.05) is 14.1 Å². The SMILES string of the molecule is CN(C)NC1CC2CCC(C1)N2C(=O)OC(C)(C)C. The minimum atomic E-state index is -0.407. The van der Waals surface area contributed by atoms with Crippen LogP contribution < -0.4 is 5.43 Å². The van der Waals surface area contributed by atoms with E-state index in [0.717, 1.165) is 25.7 Å². The van der Waals surface area contributed by atoms with Gasteiger partial charge in [0.25, 0.3) is 0 Å². The van der Waals surface area contributed by atoms with Gasteiger partial charge in [-0.2, -0.15) is 0 Å². The number of hydrogen-bond donors (Lipinski definition) is 1. The molecule has 0 radical (unpaired) electrons. The summed E-state index contributed by atoms with van der Waals surface area (Å²) in [4.78, 5) is 14.3. The molecule has 2 bridgehead atoms. The number of rotatable bonds is 2. The van der Waals surface area contributed by atoms with E-state index < -0.39 is 5.60 Å². The highest BCUT2D eigenvalue weighted by atomic mass is 16.6. The fourth-order valence-corrected chi connectivity index (χ4v) is 3.26. The summed E-state index contributed by atoms with van der Waals surface area (Å²) in [5, 5.41) is 2.01. The van der Waals surface area contributed by atoms with Crippen molar-refractivity contribution in [3.63, 3.8) is 0 Å². The van der Waals surface area contributed by atoms with Gasteiger partial charge < -0.3 is 9.64 Å². The number of nitrogens with zero attached hydrogens (tertiary/aromatic N) is 2. The van der Waals surface area contributed by atoms with E-state index in [2.05, 4.69) is 5.43 Å². The van der Waals surface area contributed by atoms with Gasteiger partial charge in [0.05, 0.1) is 0 Å². The first-order valence-corrected chi connectivity index (χ1v) is 7.21. The van der Waals surface area contributed by atoms with Gasteiger partial charge in [0.2, 0.25) is 0 Å². The molecule has 0 saturated carbocycles. The van der Waals surface area contributed by atoms with Gasteiger partial charge in [-0.15, -0.1) is 0 Å². The minimum absolute atomic E-state index is 0.136. The largest absolute Gasteiger partial charge is 0.444 e. The molecular formula is C14H27N3O2. The lowest BCUT2D eigenvalue weighted by Crippen LogP contribution is -2.54. The van der Waals surface area contributed by atoms with Crippen LogP contribution >= 0.6 is 0 Å². The first-order chi connectivity index (χ1) is 8.76. The number of carbonyl (C=O) groups is 1. The highest BCUT2D eigenvalue weighted by Crippen LogP contribution is 2.36. The molecule has 2 aliphatic rings. The Morgan fingerprint density at radius 3 is 2.16 bits per heavy atom. The highest BCUT2D eigenvalue weighted by Gasteiger charge is 2.44. The van der Waals surface area contributed by atoms with Crippen molar-refractivity contribution in [2.24, 2.45) is 0 Å². The number of amides is 1. The molecule has 0 spiro atoms. The van der Waals surface area contributed by atoms with Gasteiger partial charge in [-0.3, -0.25) is 10.4 Å². The third-order valence-electron chi connectivity index (χ3n) is 3.78. The van der Waals surface area contributed by atoms with E-state index in [1.807, 2.05) is 44.8 Å². The zero-order valence-corrected chi connectivity index (χ0v) is 12.8. The van der Waals surface area contributed by atoms with Crippen LogP contribution in [-0.4, -0.2) is 53.8 Å². The Bertz CT molecular complexity index is 324. The summed E-state index contributed by atoms with van der Waals surface area (Å²) in [6, 6.07) is 1.16. The third-order valence-corrected chi connectivity index (χ3v) is 3.78. The first-order valence-electron chi connectivity index (χ1n) is 7.21. The van der Waals surface area contributed by atoms with Gasteiger partial charge in [0, 0.05) is 32.2 Å². The Kier molecular flexibility index (Phi) is 4.06. The molecule has 5 heteroatoms. The summed E-state index contributed by atoms with van der Waals surface area (Å²) >= 11 is 0. The zero-order valence-electron chi connectivity index (χ0n) is 12.8. The number of hydrazine groups is 1. The molecule has 5 nitrogen and oxygen atoms in total. The summed E-state index contributed by atoms with van der Waals surface area (Å²) in [5.41, 5.74) is 3.04. The second-order valence-corrected chi connectivity index (χ2v) is 6.96. The van der Waals surface area contributed by atoms with Crippen LogP contribution in [0.2, 0.25) is 0 Å². The summed E-state index contributed by atoms with van der Waals surface area (Å²) < 4.78 is 5.53. The predicted octanol–water partition coefficient (Wildman–Crippen LogP) is 1.98. The summed E-state index contributed by atoms with van der Waals surface area (Å²) in [6.45, 7) is 5.77. The summed E-state index contributed by atoms with van der Waals surface area (Å²) in [6.07, 6.45) is 4.12. The molecule has 19 heavy (non-hydrogen) atoms. The lowest BCUT2D eigenvalue weighted by atomic mass is 9.98. The second-order valence-electron chi connectivity index (χ2n) is 6.96. The molecule has 1 N–H and O–H groups in total. The Balaban J connectivity index is 1.97. The first kappa shape index (κ1) is 14.6. The fourth-order valence-electron chi connectivity index (χ4n) is 3.26. The van der Waals surface area contributed by atoms with Crippen LogP contribution in [-0.2, 0) is 4.74 Å². The number of fused-ring (bicyclic) bond motifs is 2. The van der Waals surface area contributed by atoms with Crippen LogP contribution in [0.5, 0.6) is 0 Å². The molecule has 2 unspecified atom stereocenters. The van der Waals surface area contributed by atoms with E-state index in [0.29, 0.717) is 18.1 Å². The van der Waals surface area contributed by atoms with Crippen LogP contribution in [0.4, 0.5) is 4.79 Å². The van der Waals surface area contributed by atoms with Crippen LogP contribution in [0.3, 0.4) is 0 Å². The number of nitrogens with one attached hydrogen (secondary N) is 1. The smallest absolute Gasteiger partial charge is 0.410 e. The number of piperidine rings is 1. The Morgan fingerprint density at radius 2 is 1.74 bits per heavy atom. The molecule has 0 aromatic rings. The van der Waals surface area contributed by atoms with Gasteiger partial charge >= 0.3 is 6.09 Å². The van der Waals surface area contributed by atoms with Crippen LogP contribution in [0.1, 0.15) is 46.5 Å². The molecule has 1 amide bonds. The average molecular weight is 269 g/mol. The van der Waals surface area contributed by atoms with Crippen molar-refractivity contribution >= 4 is 6.09 Å². The number of ether oxygens (including phenoxy) is 1. The third kappa shape index (κ3) is 3.60. The zero-order chi connectivity index (χ0) is 14.2. The Hall–Kier alpha value is -0.810. The van der Waals surface area contributed by atoms with Gasteiger partial charge in [0.1, 0.15) is 5.60 Å². The molecule has 2 saturated heterocycles. The lowest BCUT2D eigenvalue weighted by molar-refractivity contribution is 0.00179. The monoisotopic (exact) mass is 269 g/mol. The topological polar surface area (TPSA) is 44.8 Å². The Labute approximate surface area is 116 Å². The van der Waals surface area contributed by atoms with Crippen molar-refractivity contribution in [2.45, 2.75) is 70.2 Å². The maximum absolute atomic E-state index is 12.3. The lowest BCUT2D eigenvalue weighted by Gasteiger charge is -2.40. The summed E-state index contributed by atoms with van der Waals surface area (Å²) in [5.74, 6) is 0. The minimum Gasteiger partial charge on any atom is -0.444 e. The van der Waals surface area contributed by atoms with Crippen LogP contribution in [0.15, 0.2) is 0 Å². The fraction of sp³-hybridized carbons (Fsp3) is 0.929. The van der Waals surface area contributed by atoms with Crippen molar-refractivity contribution in [1.29, 1.82) is 0 Å². The van der Waals surface area contributed by atoms with E-state index in [9.17, 15) is 4.79 Å². The van der Waals surface area contributed by atoms with Crippen LogP contribution in [0, 0.1) is 0 Å². The Morgan fingerprint density at radius 1 is 1.21 bits per heavy atom. The molecule has 2 rings (SSSR count). The molecular weight excluding hydrogens is 242 g/mol. The van der Waals surface area contributed by atoms with Gasteiger partial charge in [0.15, 0.2) is 0 Å². The normalized spacial score (nSPS) is 30.8. The quantitative estimate of drug-likeness (QED) is 0.779. The molecule has 2 atom stereocenters. The van der Waals surface area contributed by atoms with Crippen molar-refractivity contribution < 1.29 is 9.53 Å². The average Bonchev–Trinajstić information content (AvgIpc) is 2.47. The van der Waals surface area contributed by atoms with Crippen molar-refractivity contribution in [3.05, 3.63) is 0 Å². The second kappa shape index (κ2) is 5.29. The summed E-state index contributed by atoms with van der Waals surface area (Å²) in [7, 11) is 4.03.